The number of hydrogen-bond donors (Lipinski definition) is 1. The van der Waals surface area contributed by atoms with E-state index >= 15 is 0 Å². The maximum absolute atomic E-state index is 4.48. The molecule has 0 bridgehead atoms. The molecule has 0 aliphatic rings. The van der Waals surface area contributed by atoms with Crippen molar-refractivity contribution in [3.05, 3.63) is 51.8 Å². The third kappa shape index (κ3) is 3.49. The maximum Gasteiger partial charge on any atom is 0.0666 e. The Morgan fingerprint density at radius 3 is 2.50 bits per heavy atom. The monoisotopic (exact) mass is 335 g/mol. The lowest BCUT2D eigenvalue weighted by atomic mass is 9.94. The Balaban J connectivity index is 2.10. The van der Waals surface area contributed by atoms with Crippen molar-refractivity contribution in [2.24, 2.45) is 7.05 Å². The molecule has 20 heavy (non-hydrogen) atoms. The highest BCUT2D eigenvalue weighted by Gasteiger charge is 2.20. The summed E-state index contributed by atoms with van der Waals surface area (Å²) in [6, 6.07) is 8.47. The minimum absolute atomic E-state index is 0.0679. The molecule has 0 saturated carbocycles. The molecule has 1 aromatic carbocycles. The fraction of sp³-hybridized carbons (Fsp3) is 0.438. The molecule has 0 unspecified atom stereocenters. The zero-order chi connectivity index (χ0) is 14.8. The molecule has 0 aliphatic carbocycles. The van der Waals surface area contributed by atoms with Gasteiger partial charge in [-0.2, -0.15) is 5.10 Å². The first-order valence-corrected chi connectivity index (χ1v) is 7.74. The molecule has 0 aliphatic heterocycles. The van der Waals surface area contributed by atoms with Crippen molar-refractivity contribution in [2.75, 3.05) is 0 Å². The van der Waals surface area contributed by atoms with E-state index in [1.807, 2.05) is 11.7 Å². The summed E-state index contributed by atoms with van der Waals surface area (Å²) in [6.07, 6.45) is 3.07. The Morgan fingerprint density at radius 2 is 1.90 bits per heavy atom. The van der Waals surface area contributed by atoms with Gasteiger partial charge in [0.2, 0.25) is 0 Å². The first-order valence-electron chi connectivity index (χ1n) is 6.95. The van der Waals surface area contributed by atoms with Crippen LogP contribution in [0, 0.1) is 0 Å². The van der Waals surface area contributed by atoms with Gasteiger partial charge in [-0.05, 0) is 38.0 Å². The van der Waals surface area contributed by atoms with Crippen molar-refractivity contribution in [1.29, 1.82) is 0 Å². The Kier molecular flexibility index (Phi) is 4.66. The lowest BCUT2D eigenvalue weighted by Gasteiger charge is -2.27. The standard InChI is InChI=1S/C16H22BrN3/c1-5-15-12(11-20(4)19-15)10-18-16(2,3)13-6-8-14(17)9-7-13/h6-9,11,18H,5,10H2,1-4H3. The minimum atomic E-state index is -0.0679. The first kappa shape index (κ1) is 15.3. The molecule has 0 atom stereocenters. The minimum Gasteiger partial charge on any atom is -0.304 e. The van der Waals surface area contributed by atoms with E-state index in [-0.39, 0.29) is 5.54 Å². The number of aryl methyl sites for hydroxylation is 2. The molecular formula is C16H22BrN3. The van der Waals surface area contributed by atoms with E-state index in [2.05, 4.69) is 77.6 Å². The van der Waals surface area contributed by atoms with Gasteiger partial charge in [0, 0.05) is 35.4 Å². The number of nitrogens with zero attached hydrogens (tertiary/aromatic N) is 2. The Hall–Kier alpha value is -1.13. The average molecular weight is 336 g/mol. The summed E-state index contributed by atoms with van der Waals surface area (Å²) in [5.74, 6) is 0. The molecule has 1 aromatic heterocycles. The highest BCUT2D eigenvalue weighted by atomic mass is 79.9. The third-order valence-electron chi connectivity index (χ3n) is 3.61. The van der Waals surface area contributed by atoms with Gasteiger partial charge in [-0.25, -0.2) is 0 Å². The van der Waals surface area contributed by atoms with Crippen LogP contribution in [0.25, 0.3) is 0 Å². The molecule has 1 N–H and O–H groups in total. The predicted molar refractivity (Wildman–Crippen MR) is 86.6 cm³/mol. The van der Waals surface area contributed by atoms with Gasteiger partial charge in [-0.1, -0.05) is 35.0 Å². The van der Waals surface area contributed by atoms with Crippen LogP contribution in [0.4, 0.5) is 0 Å². The first-order chi connectivity index (χ1) is 9.42. The predicted octanol–water partition coefficient (Wildman–Crippen LogP) is 3.77. The van der Waals surface area contributed by atoms with Crippen molar-refractivity contribution >= 4 is 15.9 Å². The molecule has 2 rings (SSSR count). The van der Waals surface area contributed by atoms with Gasteiger partial charge in [0.05, 0.1) is 5.69 Å². The van der Waals surface area contributed by atoms with Gasteiger partial charge in [0.25, 0.3) is 0 Å². The normalized spacial score (nSPS) is 11.8. The number of benzene rings is 1. The van der Waals surface area contributed by atoms with Crippen LogP contribution in [-0.4, -0.2) is 9.78 Å². The van der Waals surface area contributed by atoms with Crippen molar-refractivity contribution in [3.63, 3.8) is 0 Å². The lowest BCUT2D eigenvalue weighted by Crippen LogP contribution is -2.36. The number of nitrogens with one attached hydrogen (secondary N) is 1. The number of halogens is 1. The summed E-state index contributed by atoms with van der Waals surface area (Å²) >= 11 is 3.48. The summed E-state index contributed by atoms with van der Waals surface area (Å²) in [7, 11) is 1.97. The smallest absolute Gasteiger partial charge is 0.0666 e. The number of aromatic nitrogens is 2. The van der Waals surface area contributed by atoms with Crippen LogP contribution in [0.1, 0.15) is 37.6 Å². The summed E-state index contributed by atoms with van der Waals surface area (Å²) in [4.78, 5) is 0. The van der Waals surface area contributed by atoms with Gasteiger partial charge in [-0.3, -0.25) is 4.68 Å². The summed E-state index contributed by atoms with van der Waals surface area (Å²) in [5, 5.41) is 8.12. The zero-order valence-electron chi connectivity index (χ0n) is 12.6. The third-order valence-corrected chi connectivity index (χ3v) is 4.14. The SMILES string of the molecule is CCc1nn(C)cc1CNC(C)(C)c1ccc(Br)cc1. The molecule has 4 heteroatoms. The van der Waals surface area contributed by atoms with Crippen LogP contribution >= 0.6 is 15.9 Å². The van der Waals surface area contributed by atoms with E-state index in [0.717, 1.165) is 17.4 Å². The molecule has 0 spiro atoms. The Labute approximate surface area is 129 Å². The molecule has 0 fully saturated rings. The van der Waals surface area contributed by atoms with Crippen molar-refractivity contribution < 1.29 is 0 Å². The molecular weight excluding hydrogens is 314 g/mol. The van der Waals surface area contributed by atoms with Gasteiger partial charge in [0.15, 0.2) is 0 Å². The summed E-state index contributed by atoms with van der Waals surface area (Å²) in [6.45, 7) is 7.39. The molecule has 1 heterocycles. The molecule has 0 radical (unpaired) electrons. The topological polar surface area (TPSA) is 29.9 Å². The average Bonchev–Trinajstić information content (AvgIpc) is 2.77. The fourth-order valence-electron chi connectivity index (χ4n) is 2.31. The summed E-state index contributed by atoms with van der Waals surface area (Å²) < 4.78 is 3.00. The maximum atomic E-state index is 4.48. The number of hydrogen-bond acceptors (Lipinski definition) is 2. The quantitative estimate of drug-likeness (QED) is 0.901. The van der Waals surface area contributed by atoms with Gasteiger partial charge in [0.1, 0.15) is 0 Å². The molecule has 108 valence electrons. The van der Waals surface area contributed by atoms with Gasteiger partial charge < -0.3 is 5.32 Å². The molecule has 3 nitrogen and oxygen atoms in total. The van der Waals surface area contributed by atoms with Crippen LogP contribution in [0.2, 0.25) is 0 Å². The van der Waals surface area contributed by atoms with Crippen molar-refractivity contribution in [2.45, 2.75) is 39.3 Å². The highest BCUT2D eigenvalue weighted by Crippen LogP contribution is 2.23. The van der Waals surface area contributed by atoms with E-state index in [4.69, 9.17) is 0 Å². The van der Waals surface area contributed by atoms with Crippen LogP contribution in [0.5, 0.6) is 0 Å². The molecule has 0 saturated heterocycles. The number of rotatable bonds is 5. The van der Waals surface area contributed by atoms with Gasteiger partial charge in [-0.15, -0.1) is 0 Å². The van der Waals surface area contributed by atoms with Crippen LogP contribution in [-0.2, 0) is 25.6 Å². The second-order valence-electron chi connectivity index (χ2n) is 5.61. The lowest BCUT2D eigenvalue weighted by molar-refractivity contribution is 0.400. The van der Waals surface area contributed by atoms with E-state index < -0.39 is 0 Å². The van der Waals surface area contributed by atoms with E-state index in [1.165, 1.54) is 16.8 Å². The van der Waals surface area contributed by atoms with Gasteiger partial charge >= 0.3 is 0 Å². The second-order valence-corrected chi connectivity index (χ2v) is 6.53. The van der Waals surface area contributed by atoms with Crippen LogP contribution < -0.4 is 5.32 Å². The van der Waals surface area contributed by atoms with E-state index in [0.29, 0.717) is 0 Å². The van der Waals surface area contributed by atoms with Crippen molar-refractivity contribution in [1.82, 2.24) is 15.1 Å². The second kappa shape index (κ2) is 6.10. The van der Waals surface area contributed by atoms with Crippen LogP contribution in [0.3, 0.4) is 0 Å². The Morgan fingerprint density at radius 1 is 1.25 bits per heavy atom. The highest BCUT2D eigenvalue weighted by molar-refractivity contribution is 9.10. The van der Waals surface area contributed by atoms with E-state index in [9.17, 15) is 0 Å². The molecule has 0 amide bonds. The largest absolute Gasteiger partial charge is 0.304 e. The molecule has 2 aromatic rings. The van der Waals surface area contributed by atoms with E-state index in [1.54, 1.807) is 0 Å². The zero-order valence-corrected chi connectivity index (χ0v) is 14.2. The van der Waals surface area contributed by atoms with Crippen molar-refractivity contribution in [3.8, 4) is 0 Å². The van der Waals surface area contributed by atoms with Crippen LogP contribution in [0.15, 0.2) is 34.9 Å². The fourth-order valence-corrected chi connectivity index (χ4v) is 2.58. The summed E-state index contributed by atoms with van der Waals surface area (Å²) in [5.41, 5.74) is 3.66. The Bertz CT molecular complexity index is 570.